The first-order valence-electron chi connectivity index (χ1n) is 4.13. The van der Waals surface area contributed by atoms with Crippen LogP contribution in [-0.4, -0.2) is 18.1 Å². The maximum Gasteiger partial charge on any atom is 0.420 e. The van der Waals surface area contributed by atoms with Gasteiger partial charge in [-0.25, -0.2) is 4.98 Å². The molecule has 0 saturated heterocycles. The first-order chi connectivity index (χ1) is 7.34. The maximum atomic E-state index is 12.7. The molecular formula is C9H7F4NO2. The molecule has 0 aliphatic heterocycles. The Labute approximate surface area is 88.0 Å². The summed E-state index contributed by atoms with van der Waals surface area (Å²) >= 11 is 0. The predicted molar refractivity (Wildman–Crippen MR) is 44.9 cm³/mol. The zero-order valence-electron chi connectivity index (χ0n) is 8.14. The van der Waals surface area contributed by atoms with E-state index in [2.05, 4.69) is 9.72 Å². The van der Waals surface area contributed by atoms with E-state index in [0.717, 1.165) is 13.3 Å². The van der Waals surface area contributed by atoms with E-state index >= 15 is 0 Å². The Morgan fingerprint density at radius 3 is 2.62 bits per heavy atom. The molecule has 0 bridgehead atoms. The third kappa shape index (κ3) is 2.91. The number of halogens is 4. The topological polar surface area (TPSA) is 39.2 Å². The Morgan fingerprint density at radius 1 is 1.50 bits per heavy atom. The van der Waals surface area contributed by atoms with Gasteiger partial charge in [-0.1, -0.05) is 0 Å². The van der Waals surface area contributed by atoms with Crippen molar-refractivity contribution in [2.45, 2.75) is 12.6 Å². The maximum absolute atomic E-state index is 12.7. The van der Waals surface area contributed by atoms with Crippen molar-refractivity contribution >= 4 is 5.97 Å². The van der Waals surface area contributed by atoms with Crippen LogP contribution in [0.3, 0.4) is 0 Å². The molecule has 88 valence electrons. The molecule has 0 unspecified atom stereocenters. The minimum Gasteiger partial charge on any atom is -0.469 e. The third-order valence-electron chi connectivity index (χ3n) is 1.78. The van der Waals surface area contributed by atoms with Gasteiger partial charge in [-0.05, 0) is 11.6 Å². The lowest BCUT2D eigenvalue weighted by Crippen LogP contribution is -2.12. The average Bonchev–Trinajstić information content (AvgIpc) is 2.19. The van der Waals surface area contributed by atoms with Crippen LogP contribution >= 0.6 is 0 Å². The summed E-state index contributed by atoms with van der Waals surface area (Å²) in [4.78, 5) is 13.7. The molecule has 3 nitrogen and oxygen atoms in total. The van der Waals surface area contributed by atoms with E-state index in [1.807, 2.05) is 0 Å². The molecule has 0 aliphatic rings. The first kappa shape index (κ1) is 12.4. The fourth-order valence-electron chi connectivity index (χ4n) is 1.03. The quantitative estimate of drug-likeness (QED) is 0.448. The highest BCUT2D eigenvalue weighted by Crippen LogP contribution is 2.31. The summed E-state index contributed by atoms with van der Waals surface area (Å²) in [6.45, 7) is 0. The molecular weight excluding hydrogens is 230 g/mol. The van der Waals surface area contributed by atoms with Gasteiger partial charge < -0.3 is 4.74 Å². The lowest BCUT2D eigenvalue weighted by Gasteiger charge is -2.08. The van der Waals surface area contributed by atoms with E-state index in [0.29, 0.717) is 6.07 Å². The van der Waals surface area contributed by atoms with Crippen molar-refractivity contribution in [1.29, 1.82) is 0 Å². The predicted octanol–water partition coefficient (Wildman–Crippen LogP) is 1.96. The van der Waals surface area contributed by atoms with Crippen molar-refractivity contribution < 1.29 is 27.1 Å². The SMILES string of the molecule is COC(=O)Cc1cnc(F)c(C(F)(F)F)c1. The molecule has 1 rings (SSSR count). The largest absolute Gasteiger partial charge is 0.469 e. The van der Waals surface area contributed by atoms with Crippen LogP contribution in [-0.2, 0) is 22.1 Å². The Kier molecular flexibility index (Phi) is 3.46. The molecule has 0 N–H and O–H groups in total. The number of hydrogen-bond donors (Lipinski definition) is 0. The van der Waals surface area contributed by atoms with Crippen molar-refractivity contribution in [2.75, 3.05) is 7.11 Å². The number of hydrogen-bond acceptors (Lipinski definition) is 3. The van der Waals surface area contributed by atoms with E-state index in [1.165, 1.54) is 0 Å². The fourth-order valence-corrected chi connectivity index (χ4v) is 1.03. The van der Waals surface area contributed by atoms with Crippen molar-refractivity contribution in [1.82, 2.24) is 4.98 Å². The van der Waals surface area contributed by atoms with Gasteiger partial charge in [0.05, 0.1) is 13.5 Å². The van der Waals surface area contributed by atoms with Gasteiger partial charge in [0.15, 0.2) is 0 Å². The molecule has 1 aromatic heterocycles. The number of carbonyl (C=O) groups excluding carboxylic acids is 1. The highest BCUT2D eigenvalue weighted by Gasteiger charge is 2.35. The molecule has 7 heteroatoms. The van der Waals surface area contributed by atoms with Crippen LogP contribution in [0.15, 0.2) is 12.3 Å². The van der Waals surface area contributed by atoms with Gasteiger partial charge in [-0.2, -0.15) is 17.6 Å². The van der Waals surface area contributed by atoms with Crippen molar-refractivity contribution in [3.63, 3.8) is 0 Å². The first-order valence-corrected chi connectivity index (χ1v) is 4.13. The molecule has 0 amide bonds. The number of pyridine rings is 1. The highest BCUT2D eigenvalue weighted by molar-refractivity contribution is 5.72. The Balaban J connectivity index is 3.03. The highest BCUT2D eigenvalue weighted by atomic mass is 19.4. The van der Waals surface area contributed by atoms with Crippen LogP contribution < -0.4 is 0 Å². The zero-order valence-corrected chi connectivity index (χ0v) is 8.14. The Hall–Kier alpha value is -1.66. The molecule has 0 spiro atoms. The molecule has 16 heavy (non-hydrogen) atoms. The van der Waals surface area contributed by atoms with Crippen LogP contribution in [0, 0.1) is 5.95 Å². The van der Waals surface area contributed by atoms with Crippen LogP contribution in [0.25, 0.3) is 0 Å². The number of carbonyl (C=O) groups is 1. The number of nitrogens with zero attached hydrogens (tertiary/aromatic N) is 1. The van der Waals surface area contributed by atoms with Crippen LogP contribution in [0.4, 0.5) is 17.6 Å². The molecule has 0 aliphatic carbocycles. The van der Waals surface area contributed by atoms with Gasteiger partial charge in [0.1, 0.15) is 5.56 Å². The van der Waals surface area contributed by atoms with Crippen LogP contribution in [0.2, 0.25) is 0 Å². The minimum absolute atomic E-state index is 0.0550. The summed E-state index contributed by atoms with van der Waals surface area (Å²) in [6.07, 6.45) is -4.35. The second-order valence-electron chi connectivity index (χ2n) is 2.93. The van der Waals surface area contributed by atoms with Gasteiger partial charge in [0.25, 0.3) is 0 Å². The summed E-state index contributed by atoms with van der Waals surface area (Å²) in [5, 5.41) is 0. The average molecular weight is 237 g/mol. The van der Waals surface area contributed by atoms with Crippen molar-refractivity contribution in [3.8, 4) is 0 Å². The number of rotatable bonds is 2. The summed E-state index contributed by atoms with van der Waals surface area (Å²) in [5.74, 6) is -2.33. The number of ether oxygens (including phenoxy) is 1. The van der Waals surface area contributed by atoms with E-state index in [4.69, 9.17) is 0 Å². The van der Waals surface area contributed by atoms with Gasteiger partial charge in [-0.15, -0.1) is 0 Å². The second-order valence-corrected chi connectivity index (χ2v) is 2.93. The number of aromatic nitrogens is 1. The Morgan fingerprint density at radius 2 is 2.12 bits per heavy atom. The van der Waals surface area contributed by atoms with Gasteiger partial charge >= 0.3 is 12.1 Å². The summed E-state index contributed by atoms with van der Waals surface area (Å²) < 4.78 is 53.8. The summed E-state index contributed by atoms with van der Waals surface area (Å²) in [6, 6.07) is 0.541. The number of esters is 1. The molecule has 0 saturated carbocycles. The number of methoxy groups -OCH3 is 1. The number of alkyl halides is 3. The standard InChI is InChI=1S/C9H7F4NO2/c1-16-7(15)3-5-2-6(9(11,12)13)8(10)14-4-5/h2,4H,3H2,1H3. The molecule has 1 aromatic rings. The molecule has 1 heterocycles. The zero-order chi connectivity index (χ0) is 12.3. The second kappa shape index (κ2) is 4.46. The molecule has 0 atom stereocenters. The smallest absolute Gasteiger partial charge is 0.420 e. The lowest BCUT2D eigenvalue weighted by molar-refractivity contribution is -0.142. The normalized spacial score (nSPS) is 11.3. The lowest BCUT2D eigenvalue weighted by atomic mass is 10.1. The Bertz CT molecular complexity index is 403. The minimum atomic E-state index is -4.83. The van der Waals surface area contributed by atoms with Gasteiger partial charge in [-0.3, -0.25) is 4.79 Å². The monoisotopic (exact) mass is 237 g/mol. The molecule has 0 aromatic carbocycles. The summed E-state index contributed by atoms with van der Waals surface area (Å²) in [7, 11) is 1.10. The fraction of sp³-hybridized carbons (Fsp3) is 0.333. The molecule has 0 fully saturated rings. The van der Waals surface area contributed by atoms with Crippen molar-refractivity contribution in [2.24, 2.45) is 0 Å². The van der Waals surface area contributed by atoms with E-state index in [-0.39, 0.29) is 12.0 Å². The van der Waals surface area contributed by atoms with Gasteiger partial charge in [0, 0.05) is 6.20 Å². The van der Waals surface area contributed by atoms with E-state index in [9.17, 15) is 22.4 Å². The molecule has 0 radical (unpaired) electrons. The van der Waals surface area contributed by atoms with Crippen LogP contribution in [0.1, 0.15) is 11.1 Å². The third-order valence-corrected chi connectivity index (χ3v) is 1.78. The summed E-state index contributed by atoms with van der Waals surface area (Å²) in [5.41, 5.74) is -1.55. The van der Waals surface area contributed by atoms with Crippen molar-refractivity contribution in [3.05, 3.63) is 29.3 Å². The van der Waals surface area contributed by atoms with Gasteiger partial charge in [0.2, 0.25) is 5.95 Å². The van der Waals surface area contributed by atoms with Crippen LogP contribution in [0.5, 0.6) is 0 Å². The van der Waals surface area contributed by atoms with E-state index in [1.54, 1.807) is 0 Å². The van der Waals surface area contributed by atoms with E-state index < -0.39 is 23.7 Å².